The van der Waals surface area contributed by atoms with Crippen molar-refractivity contribution in [1.82, 2.24) is 15.2 Å². The van der Waals surface area contributed by atoms with Gasteiger partial charge in [-0.15, -0.1) is 0 Å². The molecule has 0 aromatic carbocycles. The van der Waals surface area contributed by atoms with Crippen LogP contribution in [0, 0.1) is 5.92 Å². The van der Waals surface area contributed by atoms with Crippen LogP contribution < -0.4 is 15.5 Å². The Morgan fingerprint density at radius 1 is 1.13 bits per heavy atom. The molecule has 218 valence electrons. The second-order valence-electron chi connectivity index (χ2n) is 9.11. The van der Waals surface area contributed by atoms with Gasteiger partial charge in [-0.1, -0.05) is 13.3 Å². The number of aliphatic carboxylic acids is 1. The second-order valence-corrected chi connectivity index (χ2v) is 9.11. The summed E-state index contributed by atoms with van der Waals surface area (Å²) >= 11 is 0. The van der Waals surface area contributed by atoms with Gasteiger partial charge in [-0.3, -0.25) is 14.4 Å². The molecule has 3 N–H and O–H groups in total. The number of ether oxygens (including phenoxy) is 1. The van der Waals surface area contributed by atoms with Crippen molar-refractivity contribution in [3.63, 3.8) is 0 Å². The van der Waals surface area contributed by atoms with Gasteiger partial charge in [0.15, 0.2) is 0 Å². The lowest BCUT2D eigenvalue weighted by molar-refractivity contribution is -0.192. The Kier molecular flexibility index (Phi) is 12.4. The molecule has 1 aromatic heterocycles. The fraction of sp³-hybridized carbons (Fsp3) is 0.640. The molecule has 39 heavy (non-hydrogen) atoms. The summed E-state index contributed by atoms with van der Waals surface area (Å²) in [6, 6.07) is 1.74. The van der Waals surface area contributed by atoms with Gasteiger partial charge < -0.3 is 30.3 Å². The van der Waals surface area contributed by atoms with Gasteiger partial charge in [0.25, 0.3) is 5.91 Å². The van der Waals surface area contributed by atoms with Gasteiger partial charge in [0.1, 0.15) is 5.82 Å². The smallest absolute Gasteiger partial charge is 0.475 e. The van der Waals surface area contributed by atoms with Gasteiger partial charge in [0.05, 0.1) is 30.0 Å². The summed E-state index contributed by atoms with van der Waals surface area (Å²) < 4.78 is 36.9. The van der Waals surface area contributed by atoms with E-state index in [1.54, 1.807) is 24.1 Å². The van der Waals surface area contributed by atoms with Crippen LogP contribution in [0.15, 0.2) is 12.3 Å². The topological polar surface area (TPSA) is 141 Å². The number of halogens is 3. The van der Waals surface area contributed by atoms with Crippen molar-refractivity contribution in [2.45, 2.75) is 52.1 Å². The van der Waals surface area contributed by atoms with Crippen LogP contribution in [0.5, 0.6) is 0 Å². The largest absolute Gasteiger partial charge is 0.490 e. The van der Waals surface area contributed by atoms with E-state index in [2.05, 4.69) is 20.5 Å². The average Bonchev–Trinajstić information content (AvgIpc) is 2.92. The van der Waals surface area contributed by atoms with E-state index in [-0.39, 0.29) is 23.7 Å². The highest BCUT2D eigenvalue weighted by Crippen LogP contribution is 2.26. The molecule has 0 saturated carbocycles. The predicted molar refractivity (Wildman–Crippen MR) is 136 cm³/mol. The van der Waals surface area contributed by atoms with E-state index in [4.69, 9.17) is 14.6 Å². The van der Waals surface area contributed by atoms with Gasteiger partial charge in [-0.25, -0.2) is 9.78 Å². The van der Waals surface area contributed by atoms with E-state index in [1.165, 1.54) is 0 Å². The van der Waals surface area contributed by atoms with Gasteiger partial charge in [0.2, 0.25) is 5.91 Å². The van der Waals surface area contributed by atoms with Gasteiger partial charge in [-0.2, -0.15) is 13.2 Å². The molecule has 14 heteroatoms. The predicted octanol–water partition coefficient (Wildman–Crippen LogP) is 2.67. The number of carboxylic acids is 1. The van der Waals surface area contributed by atoms with Gasteiger partial charge in [-0.05, 0) is 32.3 Å². The number of carboxylic acid groups (broad SMARTS) is 1. The van der Waals surface area contributed by atoms with Crippen molar-refractivity contribution in [3.8, 4) is 0 Å². The molecule has 11 nitrogen and oxygen atoms in total. The average molecular weight is 560 g/mol. The summed E-state index contributed by atoms with van der Waals surface area (Å²) in [4.78, 5) is 55.1. The fourth-order valence-corrected chi connectivity index (χ4v) is 4.12. The molecule has 2 aliphatic heterocycles. The Morgan fingerprint density at radius 3 is 2.28 bits per heavy atom. The summed E-state index contributed by atoms with van der Waals surface area (Å²) in [6.07, 6.45) is -0.0626. The summed E-state index contributed by atoms with van der Waals surface area (Å²) in [5.41, 5.74) is 1.03. The van der Waals surface area contributed by atoms with Crippen LogP contribution in [-0.4, -0.2) is 90.8 Å². The minimum Gasteiger partial charge on any atom is -0.475 e. The zero-order valence-electron chi connectivity index (χ0n) is 22.2. The molecule has 0 spiro atoms. The Bertz CT molecular complexity index is 993. The maximum atomic E-state index is 13.5. The van der Waals surface area contributed by atoms with Gasteiger partial charge >= 0.3 is 18.1 Å². The normalized spacial score (nSPS) is 16.1. The number of rotatable bonds is 8. The third-order valence-electron chi connectivity index (χ3n) is 6.20. The van der Waals surface area contributed by atoms with E-state index >= 15 is 0 Å². The van der Waals surface area contributed by atoms with E-state index in [0.29, 0.717) is 56.0 Å². The zero-order chi connectivity index (χ0) is 29.0. The number of hydrogen-bond donors (Lipinski definition) is 3. The number of nitrogens with zero attached hydrogens (tertiary/aromatic N) is 3. The first kappa shape index (κ1) is 31.8. The molecule has 0 radical (unpaired) electrons. The van der Waals surface area contributed by atoms with Crippen molar-refractivity contribution in [3.05, 3.63) is 17.8 Å². The van der Waals surface area contributed by atoms with Crippen LogP contribution in [0.1, 0.15) is 56.3 Å². The minimum absolute atomic E-state index is 0.0720. The maximum absolute atomic E-state index is 13.5. The molecule has 0 bridgehead atoms. The number of pyridine rings is 1. The van der Waals surface area contributed by atoms with Crippen molar-refractivity contribution >= 4 is 35.3 Å². The zero-order valence-corrected chi connectivity index (χ0v) is 22.2. The first-order valence-corrected chi connectivity index (χ1v) is 13.0. The molecule has 0 unspecified atom stereocenters. The molecule has 3 rings (SSSR count). The van der Waals surface area contributed by atoms with Crippen molar-refractivity contribution in [1.29, 1.82) is 0 Å². The fourth-order valence-electron chi connectivity index (χ4n) is 4.12. The quantitative estimate of drug-likeness (QED) is 0.410. The molecular formula is C25H36F3N5O6. The molecular weight excluding hydrogens is 523 g/mol. The first-order valence-electron chi connectivity index (χ1n) is 13.0. The highest BCUT2D eigenvalue weighted by Gasteiger charge is 2.38. The van der Waals surface area contributed by atoms with Crippen LogP contribution in [0.3, 0.4) is 0 Å². The molecule has 0 aliphatic carbocycles. The van der Waals surface area contributed by atoms with Crippen LogP contribution in [0.2, 0.25) is 0 Å². The van der Waals surface area contributed by atoms with Crippen molar-refractivity contribution in [2.24, 2.45) is 5.92 Å². The molecule has 2 saturated heterocycles. The number of carbonyl (C=O) groups excluding carboxylic acids is 3. The summed E-state index contributed by atoms with van der Waals surface area (Å²) in [5, 5.41) is 13.3. The second kappa shape index (κ2) is 15.2. The Balaban J connectivity index is 0.000000673. The molecule has 2 fully saturated rings. The van der Waals surface area contributed by atoms with E-state index < -0.39 is 12.1 Å². The van der Waals surface area contributed by atoms with Crippen LogP contribution >= 0.6 is 0 Å². The van der Waals surface area contributed by atoms with E-state index in [9.17, 15) is 27.6 Å². The summed E-state index contributed by atoms with van der Waals surface area (Å²) in [6.45, 7) is 8.39. The lowest BCUT2D eigenvalue weighted by atomic mass is 9.96. The van der Waals surface area contributed by atoms with Crippen LogP contribution in [0.4, 0.5) is 24.7 Å². The number of carbonyl (C=O) groups is 4. The number of likely N-dealkylation sites (tertiary alicyclic amines) is 1. The maximum Gasteiger partial charge on any atom is 0.490 e. The molecule has 2 amide bonds. The lowest BCUT2D eigenvalue weighted by Gasteiger charge is -2.33. The third-order valence-corrected chi connectivity index (χ3v) is 6.20. The number of aromatic nitrogens is 1. The Labute approximate surface area is 225 Å². The number of alkyl halides is 3. The number of anilines is 2. The highest BCUT2D eigenvalue weighted by atomic mass is 19.4. The number of hydrogen-bond acceptors (Lipinski definition) is 8. The number of nitrogens with one attached hydrogen (secondary N) is 2. The SMILES string of the molecule is CCCCC(=O)Nc1cnc(N2CCNCC2)c(C(=O)N2CCC(C(=O)OCC)CC2)c1.O=C(O)C(F)(F)F. The Hall–Kier alpha value is -3.42. The van der Waals surface area contributed by atoms with Crippen LogP contribution in [-0.2, 0) is 19.1 Å². The third kappa shape index (κ3) is 10.0. The highest BCUT2D eigenvalue weighted by molar-refractivity contribution is 6.01. The Morgan fingerprint density at radius 2 is 1.74 bits per heavy atom. The lowest BCUT2D eigenvalue weighted by Crippen LogP contribution is -2.45. The molecule has 1 aromatic rings. The van der Waals surface area contributed by atoms with E-state index in [0.717, 1.165) is 39.0 Å². The van der Waals surface area contributed by atoms with Gasteiger partial charge in [0, 0.05) is 45.7 Å². The minimum atomic E-state index is -5.08. The van der Waals surface area contributed by atoms with Crippen molar-refractivity contribution in [2.75, 3.05) is 56.1 Å². The molecule has 3 heterocycles. The molecule has 0 atom stereocenters. The molecule has 2 aliphatic rings. The summed E-state index contributed by atoms with van der Waals surface area (Å²) in [7, 11) is 0. The number of unbranched alkanes of at least 4 members (excludes halogenated alkanes) is 1. The number of esters is 1. The van der Waals surface area contributed by atoms with Crippen LogP contribution in [0.25, 0.3) is 0 Å². The summed E-state index contributed by atoms with van der Waals surface area (Å²) in [5.74, 6) is -2.63. The number of amides is 2. The van der Waals surface area contributed by atoms with Crippen molar-refractivity contribution < 1.29 is 42.2 Å². The first-order chi connectivity index (χ1) is 18.5. The van der Waals surface area contributed by atoms with E-state index in [1.807, 2.05) is 6.92 Å². The monoisotopic (exact) mass is 559 g/mol. The number of piperazine rings is 1. The standard InChI is InChI=1S/C23H35N5O4.C2HF3O2/c1-3-5-6-20(29)26-18-15-19(21(25-16-18)27-13-9-24-10-14-27)22(30)28-11-7-17(8-12-28)23(31)32-4-2;3-2(4,5)1(6)7/h15-17,24H,3-14H2,1-2H3,(H,26,29);(H,6,7). The number of piperidine rings is 1.